The predicted octanol–water partition coefficient (Wildman–Crippen LogP) is 3.22. The van der Waals surface area contributed by atoms with Gasteiger partial charge in [0.15, 0.2) is 11.6 Å². The highest BCUT2D eigenvalue weighted by Crippen LogP contribution is 2.18. The first kappa shape index (κ1) is 16.6. The molecule has 1 N–H and O–H groups in total. The van der Waals surface area contributed by atoms with E-state index < -0.39 is 5.82 Å². The summed E-state index contributed by atoms with van der Waals surface area (Å²) in [5, 5.41) is 2.77. The number of rotatable bonds is 5. The zero-order valence-corrected chi connectivity index (χ0v) is 13.6. The highest BCUT2D eigenvalue weighted by molar-refractivity contribution is 5.94. The topological polar surface area (TPSA) is 64.1 Å². The molecule has 1 aromatic carbocycles. The van der Waals surface area contributed by atoms with Gasteiger partial charge in [-0.25, -0.2) is 4.39 Å². The minimum absolute atomic E-state index is 0.104. The molecule has 3 aromatic rings. The Balaban J connectivity index is 1.69. The number of aromatic nitrogens is 2. The Morgan fingerprint density at radius 1 is 1.12 bits per heavy atom. The summed E-state index contributed by atoms with van der Waals surface area (Å²) in [6.07, 6.45) is 5.08. The molecule has 5 nitrogen and oxygen atoms in total. The Morgan fingerprint density at radius 3 is 2.64 bits per heavy atom. The molecular formula is C19H16FN3O2. The van der Waals surface area contributed by atoms with Gasteiger partial charge in [-0.15, -0.1) is 0 Å². The number of carbonyl (C=O) groups excluding carboxylic acids is 1. The fourth-order valence-corrected chi connectivity index (χ4v) is 2.36. The molecule has 0 radical (unpaired) electrons. The van der Waals surface area contributed by atoms with Crippen LogP contribution in [0.2, 0.25) is 0 Å². The molecule has 126 valence electrons. The van der Waals surface area contributed by atoms with E-state index in [-0.39, 0.29) is 17.2 Å². The summed E-state index contributed by atoms with van der Waals surface area (Å²) in [7, 11) is 1.38. The van der Waals surface area contributed by atoms with Crippen LogP contribution in [0.1, 0.15) is 15.9 Å². The molecule has 0 unspecified atom stereocenters. The van der Waals surface area contributed by atoms with Crippen LogP contribution in [0, 0.1) is 5.82 Å². The van der Waals surface area contributed by atoms with Crippen molar-refractivity contribution < 1.29 is 13.9 Å². The van der Waals surface area contributed by atoms with Crippen LogP contribution in [0.4, 0.5) is 4.39 Å². The number of halogens is 1. The Kier molecular flexibility index (Phi) is 4.99. The van der Waals surface area contributed by atoms with Crippen molar-refractivity contribution in [1.82, 2.24) is 15.3 Å². The highest BCUT2D eigenvalue weighted by Gasteiger charge is 2.10. The van der Waals surface area contributed by atoms with Gasteiger partial charge in [-0.05, 0) is 48.0 Å². The molecule has 25 heavy (non-hydrogen) atoms. The van der Waals surface area contributed by atoms with Crippen LogP contribution < -0.4 is 10.1 Å². The minimum Gasteiger partial charge on any atom is -0.494 e. The molecule has 2 heterocycles. The van der Waals surface area contributed by atoms with Gasteiger partial charge in [-0.1, -0.05) is 0 Å². The number of nitrogens with one attached hydrogen (secondary N) is 1. The molecule has 3 rings (SSSR count). The van der Waals surface area contributed by atoms with Crippen molar-refractivity contribution in [1.29, 1.82) is 0 Å². The van der Waals surface area contributed by atoms with Crippen molar-refractivity contribution in [3.8, 4) is 17.0 Å². The lowest BCUT2D eigenvalue weighted by Gasteiger charge is -2.08. The number of hydrogen-bond donors (Lipinski definition) is 1. The largest absolute Gasteiger partial charge is 0.494 e. The monoisotopic (exact) mass is 337 g/mol. The molecule has 0 atom stereocenters. The summed E-state index contributed by atoms with van der Waals surface area (Å²) in [5.41, 5.74) is 2.87. The van der Waals surface area contributed by atoms with Crippen LogP contribution in [0.3, 0.4) is 0 Å². The van der Waals surface area contributed by atoms with E-state index in [1.165, 1.54) is 19.2 Å². The van der Waals surface area contributed by atoms with Gasteiger partial charge >= 0.3 is 0 Å². The third kappa shape index (κ3) is 3.98. The van der Waals surface area contributed by atoms with Gasteiger partial charge in [0.1, 0.15) is 0 Å². The molecule has 0 saturated carbocycles. The van der Waals surface area contributed by atoms with Crippen molar-refractivity contribution in [2.45, 2.75) is 6.54 Å². The number of nitrogens with zero attached hydrogens (tertiary/aromatic N) is 2. The van der Waals surface area contributed by atoms with Gasteiger partial charge in [0.2, 0.25) is 0 Å². The lowest BCUT2D eigenvalue weighted by molar-refractivity contribution is 0.0950. The van der Waals surface area contributed by atoms with E-state index in [0.717, 1.165) is 22.9 Å². The van der Waals surface area contributed by atoms with Crippen LogP contribution in [0.15, 0.2) is 61.1 Å². The number of pyridine rings is 2. The van der Waals surface area contributed by atoms with Crippen molar-refractivity contribution in [2.24, 2.45) is 0 Å². The third-order valence-corrected chi connectivity index (χ3v) is 3.67. The second kappa shape index (κ2) is 7.53. The van der Waals surface area contributed by atoms with E-state index in [0.29, 0.717) is 6.54 Å². The van der Waals surface area contributed by atoms with Crippen LogP contribution >= 0.6 is 0 Å². The number of amides is 1. The number of benzene rings is 1. The normalized spacial score (nSPS) is 10.3. The van der Waals surface area contributed by atoms with Crippen LogP contribution in [0.5, 0.6) is 5.75 Å². The van der Waals surface area contributed by atoms with Crippen molar-refractivity contribution in [3.63, 3.8) is 0 Å². The SMILES string of the molecule is COc1ccc(C(=O)NCc2ccnc(-c3ccncc3)c2)cc1F. The molecule has 0 aliphatic heterocycles. The fraction of sp³-hybridized carbons (Fsp3) is 0.105. The second-order valence-corrected chi connectivity index (χ2v) is 5.32. The zero-order chi connectivity index (χ0) is 17.6. The van der Waals surface area contributed by atoms with Gasteiger partial charge in [0.05, 0.1) is 12.8 Å². The quantitative estimate of drug-likeness (QED) is 0.776. The van der Waals surface area contributed by atoms with Crippen molar-refractivity contribution in [2.75, 3.05) is 7.11 Å². The highest BCUT2D eigenvalue weighted by atomic mass is 19.1. The van der Waals surface area contributed by atoms with Crippen LogP contribution in [-0.4, -0.2) is 23.0 Å². The Labute approximate surface area is 144 Å². The lowest BCUT2D eigenvalue weighted by Crippen LogP contribution is -2.23. The second-order valence-electron chi connectivity index (χ2n) is 5.32. The van der Waals surface area contributed by atoms with Crippen molar-refractivity contribution >= 4 is 5.91 Å². The smallest absolute Gasteiger partial charge is 0.251 e. The Morgan fingerprint density at radius 2 is 1.92 bits per heavy atom. The van der Waals surface area contributed by atoms with Gasteiger partial charge in [0.25, 0.3) is 5.91 Å². The molecule has 0 aliphatic carbocycles. The fourth-order valence-electron chi connectivity index (χ4n) is 2.36. The summed E-state index contributed by atoms with van der Waals surface area (Å²) in [5.74, 6) is -0.824. The third-order valence-electron chi connectivity index (χ3n) is 3.67. The Bertz CT molecular complexity index is 885. The average Bonchev–Trinajstić information content (AvgIpc) is 2.67. The molecular weight excluding hydrogens is 321 g/mol. The van der Waals surface area contributed by atoms with E-state index in [9.17, 15) is 9.18 Å². The van der Waals surface area contributed by atoms with E-state index in [4.69, 9.17) is 4.74 Å². The first-order chi connectivity index (χ1) is 12.2. The van der Waals surface area contributed by atoms with Gasteiger partial charge in [-0.2, -0.15) is 0 Å². The number of methoxy groups -OCH3 is 1. The molecule has 0 spiro atoms. The minimum atomic E-state index is -0.570. The Hall–Kier alpha value is -3.28. The van der Waals surface area contributed by atoms with Gasteiger partial charge in [0, 0.05) is 36.3 Å². The van der Waals surface area contributed by atoms with E-state index in [1.807, 2.05) is 24.3 Å². The molecule has 0 fully saturated rings. The molecule has 0 bridgehead atoms. The maximum Gasteiger partial charge on any atom is 0.251 e. The number of ether oxygens (including phenoxy) is 1. The summed E-state index contributed by atoms with van der Waals surface area (Å²) < 4.78 is 18.5. The first-order valence-electron chi connectivity index (χ1n) is 7.64. The van der Waals surface area contributed by atoms with E-state index in [1.54, 1.807) is 18.6 Å². The van der Waals surface area contributed by atoms with Crippen LogP contribution in [-0.2, 0) is 6.54 Å². The predicted molar refractivity (Wildman–Crippen MR) is 91.6 cm³/mol. The number of hydrogen-bond acceptors (Lipinski definition) is 4. The van der Waals surface area contributed by atoms with E-state index >= 15 is 0 Å². The van der Waals surface area contributed by atoms with Crippen molar-refractivity contribution in [3.05, 3.63) is 78.0 Å². The molecule has 6 heteroatoms. The summed E-state index contributed by atoms with van der Waals surface area (Å²) in [6.45, 7) is 0.313. The first-order valence-corrected chi connectivity index (χ1v) is 7.64. The standard InChI is InChI=1S/C19H16FN3O2/c1-25-18-3-2-15(11-16(18)20)19(24)23-12-13-4-9-22-17(10-13)14-5-7-21-8-6-14/h2-11H,12H2,1H3,(H,23,24). The van der Waals surface area contributed by atoms with Crippen LogP contribution in [0.25, 0.3) is 11.3 Å². The lowest BCUT2D eigenvalue weighted by atomic mass is 10.1. The molecule has 0 saturated heterocycles. The molecule has 1 amide bonds. The number of carbonyl (C=O) groups is 1. The maximum absolute atomic E-state index is 13.7. The summed E-state index contributed by atoms with van der Waals surface area (Å²) >= 11 is 0. The molecule has 2 aromatic heterocycles. The van der Waals surface area contributed by atoms with E-state index in [2.05, 4.69) is 15.3 Å². The average molecular weight is 337 g/mol. The van der Waals surface area contributed by atoms with Gasteiger partial charge in [-0.3, -0.25) is 14.8 Å². The summed E-state index contributed by atoms with van der Waals surface area (Å²) in [4.78, 5) is 20.5. The maximum atomic E-state index is 13.7. The zero-order valence-electron chi connectivity index (χ0n) is 13.6. The molecule has 0 aliphatic rings. The van der Waals surface area contributed by atoms with Gasteiger partial charge < -0.3 is 10.1 Å². The summed E-state index contributed by atoms with van der Waals surface area (Å²) in [6, 6.07) is 11.5.